The number of hydrogen-bond donors (Lipinski definition) is 0. The van der Waals surface area contributed by atoms with Gasteiger partial charge in [0.15, 0.2) is 0 Å². The molecule has 0 aromatic rings. The molecule has 56 valence electrons. The largest absolute Gasteiger partial charge is 0.275 e. The van der Waals surface area contributed by atoms with Crippen LogP contribution in [0, 0.1) is 5.41 Å². The zero-order valence-corrected chi connectivity index (χ0v) is 6.29. The van der Waals surface area contributed by atoms with Gasteiger partial charge in [0.2, 0.25) is 0 Å². The van der Waals surface area contributed by atoms with Crippen molar-refractivity contribution in [3.05, 3.63) is 0 Å². The smallest absolute Gasteiger partial charge is 0.270 e. The van der Waals surface area contributed by atoms with Crippen LogP contribution in [0.4, 0.5) is 0 Å². The first-order valence-electron chi connectivity index (χ1n) is 2.87. The number of rotatable bonds is 1. The lowest BCUT2D eigenvalue weighted by Gasteiger charge is -2.09. The van der Waals surface area contributed by atoms with E-state index in [1.807, 2.05) is 0 Å². The SMILES string of the molecule is CC(C)(C)C(=O)N=NC=O. The van der Waals surface area contributed by atoms with E-state index in [9.17, 15) is 9.59 Å². The molecule has 0 saturated carbocycles. The Morgan fingerprint density at radius 2 is 1.90 bits per heavy atom. The van der Waals surface area contributed by atoms with E-state index < -0.39 is 5.41 Å². The van der Waals surface area contributed by atoms with Gasteiger partial charge in [0.25, 0.3) is 12.3 Å². The fourth-order valence-corrected chi connectivity index (χ4v) is 0.226. The second kappa shape index (κ2) is 3.20. The minimum Gasteiger partial charge on any atom is -0.275 e. The van der Waals surface area contributed by atoms with Gasteiger partial charge in [-0.05, 0) is 0 Å². The van der Waals surface area contributed by atoms with Crippen LogP contribution in [0.25, 0.3) is 0 Å². The van der Waals surface area contributed by atoms with Crippen molar-refractivity contribution in [2.45, 2.75) is 20.8 Å². The Kier molecular flexibility index (Phi) is 2.86. The van der Waals surface area contributed by atoms with Gasteiger partial charge in [0.1, 0.15) is 0 Å². The normalized spacial score (nSPS) is 11.9. The molecule has 4 heteroatoms. The van der Waals surface area contributed by atoms with Gasteiger partial charge in [0, 0.05) is 5.41 Å². The quantitative estimate of drug-likeness (QED) is 0.407. The van der Waals surface area contributed by atoms with Crippen LogP contribution in [0.3, 0.4) is 0 Å². The third kappa shape index (κ3) is 3.06. The zero-order valence-electron chi connectivity index (χ0n) is 6.29. The number of azo groups is 1. The summed E-state index contributed by atoms with van der Waals surface area (Å²) in [5.41, 5.74) is -0.549. The summed E-state index contributed by atoms with van der Waals surface area (Å²) in [6.45, 7) is 5.12. The third-order valence-electron chi connectivity index (χ3n) is 0.837. The van der Waals surface area contributed by atoms with Gasteiger partial charge in [-0.3, -0.25) is 9.59 Å². The molecule has 0 aromatic heterocycles. The highest BCUT2D eigenvalue weighted by Crippen LogP contribution is 2.14. The molecule has 0 heterocycles. The lowest BCUT2D eigenvalue weighted by atomic mass is 9.96. The van der Waals surface area contributed by atoms with E-state index in [0.717, 1.165) is 0 Å². The summed E-state index contributed by atoms with van der Waals surface area (Å²) in [5.74, 6) is -0.389. The molecule has 0 aliphatic carbocycles. The molecular weight excluding hydrogens is 132 g/mol. The standard InChI is InChI=1S/C6H10N2O2/c1-6(2,3)5(10)8-7-4-9/h4H,1-3H3. The second-order valence-corrected chi connectivity index (χ2v) is 2.88. The molecule has 10 heavy (non-hydrogen) atoms. The Hall–Kier alpha value is -1.06. The van der Waals surface area contributed by atoms with Crippen molar-refractivity contribution in [1.82, 2.24) is 0 Å². The van der Waals surface area contributed by atoms with Crippen LogP contribution in [0.5, 0.6) is 0 Å². The van der Waals surface area contributed by atoms with Crippen molar-refractivity contribution in [3.8, 4) is 0 Å². The van der Waals surface area contributed by atoms with Crippen LogP contribution in [0.1, 0.15) is 20.8 Å². The Labute approximate surface area is 59.3 Å². The second-order valence-electron chi connectivity index (χ2n) is 2.88. The van der Waals surface area contributed by atoms with Crippen LogP contribution in [0.15, 0.2) is 10.2 Å². The molecule has 0 atom stereocenters. The molecule has 0 bridgehead atoms. The van der Waals surface area contributed by atoms with Crippen LogP contribution < -0.4 is 0 Å². The fraction of sp³-hybridized carbons (Fsp3) is 0.667. The van der Waals surface area contributed by atoms with E-state index in [-0.39, 0.29) is 12.3 Å². The van der Waals surface area contributed by atoms with Gasteiger partial charge >= 0.3 is 0 Å². The fourth-order valence-electron chi connectivity index (χ4n) is 0.226. The van der Waals surface area contributed by atoms with E-state index >= 15 is 0 Å². The van der Waals surface area contributed by atoms with Gasteiger partial charge < -0.3 is 0 Å². The monoisotopic (exact) mass is 142 g/mol. The molecule has 0 saturated heterocycles. The molecule has 0 unspecified atom stereocenters. The molecule has 0 radical (unpaired) electrons. The Balaban J connectivity index is 4.11. The van der Waals surface area contributed by atoms with Gasteiger partial charge in [0.05, 0.1) is 0 Å². The molecule has 0 rings (SSSR count). The van der Waals surface area contributed by atoms with Crippen molar-refractivity contribution in [1.29, 1.82) is 0 Å². The molecule has 0 spiro atoms. The maximum absolute atomic E-state index is 10.8. The Morgan fingerprint density at radius 1 is 1.40 bits per heavy atom. The molecule has 0 aliphatic heterocycles. The number of carbonyl (C=O) groups is 2. The molecule has 0 aromatic carbocycles. The minimum absolute atomic E-state index is 0.240. The molecule has 2 amide bonds. The third-order valence-corrected chi connectivity index (χ3v) is 0.837. The first kappa shape index (κ1) is 8.94. The Morgan fingerprint density at radius 3 is 2.20 bits per heavy atom. The summed E-state index contributed by atoms with van der Waals surface area (Å²) in [6, 6.07) is 0. The summed E-state index contributed by atoms with van der Waals surface area (Å²) < 4.78 is 0. The zero-order chi connectivity index (χ0) is 8.20. The highest BCUT2D eigenvalue weighted by atomic mass is 16.2. The van der Waals surface area contributed by atoms with Crippen LogP contribution in [0.2, 0.25) is 0 Å². The summed E-state index contributed by atoms with van der Waals surface area (Å²) in [5, 5.41) is 6.07. The highest BCUT2D eigenvalue weighted by molar-refractivity contribution is 5.82. The lowest BCUT2D eigenvalue weighted by Crippen LogP contribution is -2.16. The molecule has 4 nitrogen and oxygen atoms in total. The maximum Gasteiger partial charge on any atom is 0.270 e. The first-order valence-corrected chi connectivity index (χ1v) is 2.87. The van der Waals surface area contributed by atoms with E-state index in [4.69, 9.17) is 0 Å². The molecule has 0 N–H and O–H groups in total. The predicted octanol–water partition coefficient (Wildman–Crippen LogP) is 1.17. The minimum atomic E-state index is -0.549. The van der Waals surface area contributed by atoms with Gasteiger partial charge in [-0.1, -0.05) is 20.8 Å². The van der Waals surface area contributed by atoms with Crippen LogP contribution >= 0.6 is 0 Å². The van der Waals surface area contributed by atoms with E-state index in [0.29, 0.717) is 0 Å². The van der Waals surface area contributed by atoms with Crippen molar-refractivity contribution in [3.63, 3.8) is 0 Å². The number of nitrogens with zero attached hydrogens (tertiary/aromatic N) is 2. The molecule has 0 aliphatic rings. The topological polar surface area (TPSA) is 58.9 Å². The molecule has 0 fully saturated rings. The van der Waals surface area contributed by atoms with E-state index in [1.165, 1.54) is 0 Å². The van der Waals surface area contributed by atoms with Crippen LogP contribution in [-0.4, -0.2) is 12.3 Å². The molecular formula is C6H10N2O2. The summed E-state index contributed by atoms with van der Waals surface area (Å²) in [6.07, 6.45) is 0.240. The van der Waals surface area contributed by atoms with E-state index in [1.54, 1.807) is 20.8 Å². The van der Waals surface area contributed by atoms with E-state index in [2.05, 4.69) is 10.2 Å². The average molecular weight is 142 g/mol. The first-order chi connectivity index (χ1) is 4.48. The van der Waals surface area contributed by atoms with Crippen molar-refractivity contribution < 1.29 is 9.59 Å². The number of hydrogen-bond acceptors (Lipinski definition) is 2. The van der Waals surface area contributed by atoms with Crippen molar-refractivity contribution >= 4 is 12.3 Å². The van der Waals surface area contributed by atoms with Gasteiger partial charge in [-0.25, -0.2) is 0 Å². The van der Waals surface area contributed by atoms with Crippen LogP contribution in [-0.2, 0) is 9.59 Å². The maximum atomic E-state index is 10.8. The lowest BCUT2D eigenvalue weighted by molar-refractivity contribution is -0.126. The predicted molar refractivity (Wildman–Crippen MR) is 35.4 cm³/mol. The number of amides is 2. The summed E-state index contributed by atoms with van der Waals surface area (Å²) >= 11 is 0. The van der Waals surface area contributed by atoms with Gasteiger partial charge in [-0.2, -0.15) is 0 Å². The average Bonchev–Trinajstić information content (AvgIpc) is 1.80. The highest BCUT2D eigenvalue weighted by Gasteiger charge is 2.20. The Bertz CT molecular complexity index is 167. The summed E-state index contributed by atoms with van der Waals surface area (Å²) in [7, 11) is 0. The van der Waals surface area contributed by atoms with Gasteiger partial charge in [-0.15, -0.1) is 10.2 Å². The van der Waals surface area contributed by atoms with Crippen molar-refractivity contribution in [2.75, 3.05) is 0 Å². The number of carbonyl (C=O) groups excluding carboxylic acids is 2. The summed E-state index contributed by atoms with van der Waals surface area (Å²) in [4.78, 5) is 20.4. The van der Waals surface area contributed by atoms with Crippen molar-refractivity contribution in [2.24, 2.45) is 15.6 Å².